The number of fused-ring (bicyclic) bond motifs is 1. The second-order valence-electron chi connectivity index (χ2n) is 3.12. The first kappa shape index (κ1) is 6.85. The van der Waals surface area contributed by atoms with Crippen molar-refractivity contribution in [2.75, 3.05) is 6.54 Å². The van der Waals surface area contributed by atoms with Crippen molar-refractivity contribution in [1.29, 1.82) is 0 Å². The van der Waals surface area contributed by atoms with Crippen LogP contribution in [0.3, 0.4) is 0 Å². The zero-order valence-corrected chi connectivity index (χ0v) is 6.42. The van der Waals surface area contributed by atoms with Gasteiger partial charge in [0.1, 0.15) is 5.76 Å². The number of aryl methyl sites for hydroxylation is 1. The highest BCUT2D eigenvalue weighted by molar-refractivity contribution is 5.17. The van der Waals surface area contributed by atoms with E-state index in [0.29, 0.717) is 5.92 Å². The van der Waals surface area contributed by atoms with Crippen LogP contribution in [0.5, 0.6) is 0 Å². The molecule has 0 aromatic carbocycles. The summed E-state index contributed by atoms with van der Waals surface area (Å²) in [7, 11) is 0. The summed E-state index contributed by atoms with van der Waals surface area (Å²) in [6, 6.07) is 0. The summed E-state index contributed by atoms with van der Waals surface area (Å²) >= 11 is 0. The smallest absolute Gasteiger partial charge is 0.140 e. The highest BCUT2D eigenvalue weighted by atomic mass is 16.5. The lowest BCUT2D eigenvalue weighted by molar-refractivity contribution is 0.339. The molecule has 1 aliphatic rings. The Hall–Kier alpha value is -0.830. The quantitative estimate of drug-likeness (QED) is 0.645. The van der Waals surface area contributed by atoms with Gasteiger partial charge in [-0.1, -0.05) is 5.16 Å². The van der Waals surface area contributed by atoms with Crippen molar-refractivity contribution in [2.45, 2.75) is 19.3 Å². The van der Waals surface area contributed by atoms with Crippen molar-refractivity contribution in [3.8, 4) is 0 Å². The topological polar surface area (TPSA) is 52.0 Å². The van der Waals surface area contributed by atoms with Gasteiger partial charge in [-0.05, 0) is 25.3 Å². The number of hydrogen-bond donors (Lipinski definition) is 1. The second-order valence-corrected chi connectivity index (χ2v) is 3.12. The molecule has 0 saturated carbocycles. The molecular formula is C8H12N2O. The van der Waals surface area contributed by atoms with Crippen molar-refractivity contribution in [2.24, 2.45) is 11.7 Å². The molecule has 11 heavy (non-hydrogen) atoms. The SMILES string of the molecule is NC[C@@H]1CCc2cnoc2C1. The maximum absolute atomic E-state index is 5.57. The lowest BCUT2D eigenvalue weighted by Crippen LogP contribution is -2.21. The molecule has 0 amide bonds. The summed E-state index contributed by atoms with van der Waals surface area (Å²) in [5.74, 6) is 1.65. The van der Waals surface area contributed by atoms with Crippen LogP contribution < -0.4 is 5.73 Å². The summed E-state index contributed by atoms with van der Waals surface area (Å²) in [5.41, 5.74) is 6.84. The van der Waals surface area contributed by atoms with Crippen molar-refractivity contribution >= 4 is 0 Å². The third-order valence-corrected chi connectivity index (χ3v) is 2.36. The van der Waals surface area contributed by atoms with E-state index >= 15 is 0 Å². The number of hydrogen-bond acceptors (Lipinski definition) is 3. The molecule has 60 valence electrons. The van der Waals surface area contributed by atoms with Crippen LogP contribution in [-0.2, 0) is 12.8 Å². The fourth-order valence-corrected chi connectivity index (χ4v) is 1.58. The average molecular weight is 152 g/mol. The first-order valence-electron chi connectivity index (χ1n) is 4.02. The predicted octanol–water partition coefficient (Wildman–Crippen LogP) is 0.738. The zero-order valence-electron chi connectivity index (χ0n) is 6.42. The van der Waals surface area contributed by atoms with Crippen LogP contribution in [0, 0.1) is 5.92 Å². The lowest BCUT2D eigenvalue weighted by Gasteiger charge is -2.17. The molecule has 1 aromatic rings. The molecule has 0 spiro atoms. The normalized spacial score (nSPS) is 23.2. The summed E-state index contributed by atoms with van der Waals surface area (Å²) in [6.45, 7) is 0.764. The van der Waals surface area contributed by atoms with Crippen molar-refractivity contribution in [3.63, 3.8) is 0 Å². The van der Waals surface area contributed by atoms with E-state index in [9.17, 15) is 0 Å². The van der Waals surface area contributed by atoms with Gasteiger partial charge >= 0.3 is 0 Å². The summed E-state index contributed by atoms with van der Waals surface area (Å²) in [4.78, 5) is 0. The van der Waals surface area contributed by atoms with Gasteiger partial charge in [-0.3, -0.25) is 0 Å². The fraction of sp³-hybridized carbons (Fsp3) is 0.625. The van der Waals surface area contributed by atoms with Gasteiger partial charge in [0.15, 0.2) is 0 Å². The van der Waals surface area contributed by atoms with Gasteiger partial charge in [0.2, 0.25) is 0 Å². The molecule has 0 radical (unpaired) electrons. The zero-order chi connectivity index (χ0) is 7.68. The minimum absolute atomic E-state index is 0.607. The van der Waals surface area contributed by atoms with Crippen LogP contribution in [0.15, 0.2) is 10.7 Å². The molecule has 1 heterocycles. The molecule has 0 fully saturated rings. The fourth-order valence-electron chi connectivity index (χ4n) is 1.58. The Kier molecular flexibility index (Phi) is 1.66. The average Bonchev–Trinajstić information content (AvgIpc) is 2.50. The summed E-state index contributed by atoms with van der Waals surface area (Å²) < 4.78 is 5.08. The number of nitrogens with two attached hydrogens (primary N) is 1. The van der Waals surface area contributed by atoms with Crippen LogP contribution >= 0.6 is 0 Å². The van der Waals surface area contributed by atoms with E-state index in [0.717, 1.165) is 25.1 Å². The summed E-state index contributed by atoms with van der Waals surface area (Å²) in [6.07, 6.45) is 5.07. The molecule has 1 aromatic heterocycles. The minimum Gasteiger partial charge on any atom is -0.361 e. The third kappa shape index (κ3) is 1.16. The van der Waals surface area contributed by atoms with E-state index in [1.807, 2.05) is 6.20 Å². The monoisotopic (exact) mass is 152 g/mol. The number of aromatic nitrogens is 1. The molecular weight excluding hydrogens is 140 g/mol. The third-order valence-electron chi connectivity index (χ3n) is 2.36. The maximum atomic E-state index is 5.57. The molecule has 1 aliphatic carbocycles. The molecule has 3 nitrogen and oxygen atoms in total. The van der Waals surface area contributed by atoms with Gasteiger partial charge in [-0.25, -0.2) is 0 Å². The van der Waals surface area contributed by atoms with E-state index < -0.39 is 0 Å². The van der Waals surface area contributed by atoms with Crippen molar-refractivity contribution in [3.05, 3.63) is 17.5 Å². The van der Waals surface area contributed by atoms with E-state index in [1.54, 1.807) is 0 Å². The molecule has 2 N–H and O–H groups in total. The van der Waals surface area contributed by atoms with Gasteiger partial charge < -0.3 is 10.3 Å². The molecule has 3 heteroatoms. The molecule has 1 atom stereocenters. The van der Waals surface area contributed by atoms with Gasteiger partial charge in [0.05, 0.1) is 6.20 Å². The van der Waals surface area contributed by atoms with Crippen LogP contribution in [0.2, 0.25) is 0 Å². The van der Waals surface area contributed by atoms with Gasteiger partial charge in [0.25, 0.3) is 0 Å². The largest absolute Gasteiger partial charge is 0.361 e. The highest BCUT2D eigenvalue weighted by Crippen LogP contribution is 2.23. The van der Waals surface area contributed by atoms with Crippen LogP contribution in [-0.4, -0.2) is 11.7 Å². The maximum Gasteiger partial charge on any atom is 0.140 e. The predicted molar refractivity (Wildman–Crippen MR) is 41.1 cm³/mol. The standard InChI is InChI=1S/C8H12N2O/c9-4-6-1-2-7-5-10-11-8(7)3-6/h5-6H,1-4,9H2/t6-/m1/s1. The van der Waals surface area contributed by atoms with Crippen molar-refractivity contribution < 1.29 is 4.52 Å². The Morgan fingerprint density at radius 3 is 3.45 bits per heavy atom. The van der Waals surface area contributed by atoms with Crippen LogP contribution in [0.1, 0.15) is 17.7 Å². The van der Waals surface area contributed by atoms with Crippen LogP contribution in [0.4, 0.5) is 0 Å². The Morgan fingerprint density at radius 2 is 2.64 bits per heavy atom. The number of rotatable bonds is 1. The minimum atomic E-state index is 0.607. The van der Waals surface area contributed by atoms with Gasteiger partial charge in [-0.15, -0.1) is 0 Å². The Bertz CT molecular complexity index is 244. The Morgan fingerprint density at radius 1 is 1.73 bits per heavy atom. The molecule has 0 aliphatic heterocycles. The molecule has 0 unspecified atom stereocenters. The van der Waals surface area contributed by atoms with Crippen molar-refractivity contribution in [1.82, 2.24) is 5.16 Å². The summed E-state index contributed by atoms with van der Waals surface area (Å²) in [5, 5.41) is 3.76. The molecule has 0 bridgehead atoms. The first-order chi connectivity index (χ1) is 5.40. The lowest BCUT2D eigenvalue weighted by atomic mass is 9.89. The number of nitrogens with zero attached hydrogens (tertiary/aromatic N) is 1. The van der Waals surface area contributed by atoms with Crippen LogP contribution in [0.25, 0.3) is 0 Å². The van der Waals surface area contributed by atoms with E-state index in [-0.39, 0.29) is 0 Å². The molecule has 0 saturated heterocycles. The first-order valence-corrected chi connectivity index (χ1v) is 4.02. The molecule has 2 rings (SSSR count). The second kappa shape index (κ2) is 2.66. The Labute approximate surface area is 65.6 Å². The van der Waals surface area contributed by atoms with E-state index in [1.165, 1.54) is 12.0 Å². The van der Waals surface area contributed by atoms with E-state index in [2.05, 4.69) is 5.16 Å². The van der Waals surface area contributed by atoms with Gasteiger partial charge in [0, 0.05) is 12.0 Å². The highest BCUT2D eigenvalue weighted by Gasteiger charge is 2.20. The van der Waals surface area contributed by atoms with Gasteiger partial charge in [-0.2, -0.15) is 0 Å². The van der Waals surface area contributed by atoms with E-state index in [4.69, 9.17) is 10.3 Å². The Balaban J connectivity index is 2.18.